The molecule has 0 radical (unpaired) electrons. The Morgan fingerprint density at radius 2 is 0.663 bits per heavy atom. The molecular weight excluding hydrogens is 1400 g/mol. The first-order valence-corrected chi connectivity index (χ1v) is 46.6. The number of hydrogen-bond acceptors (Lipinski definition) is 17. The summed E-state index contributed by atoms with van der Waals surface area (Å²) in [6.45, 7) is 0. The molecule has 5 aromatic rings. The molecule has 5 aliphatic carbocycles. The Morgan fingerprint density at radius 3 is 0.979 bits per heavy atom. The van der Waals surface area contributed by atoms with E-state index in [-0.39, 0.29) is 74.4 Å². The van der Waals surface area contributed by atoms with Gasteiger partial charge in [0.15, 0.2) is 0 Å². The van der Waals surface area contributed by atoms with Crippen LogP contribution in [-0.4, -0.2) is 88.3 Å². The van der Waals surface area contributed by atoms with E-state index in [1.807, 2.05) is 12.2 Å². The number of hydrogen-bond donors (Lipinski definition) is 0. The van der Waals surface area contributed by atoms with Crippen LogP contribution in [0.1, 0.15) is 164 Å². The van der Waals surface area contributed by atoms with Crippen molar-refractivity contribution in [2.75, 3.05) is 0 Å². The molecule has 0 unspecified atom stereocenters. The third-order valence-electron chi connectivity index (χ3n) is 18.8. The third-order valence-corrected chi connectivity index (χ3v) is 43.2. The zero-order valence-electron chi connectivity index (χ0n) is 51.9. The summed E-state index contributed by atoms with van der Waals surface area (Å²) in [5, 5.41) is -3.63. The van der Waals surface area contributed by atoms with Gasteiger partial charge < -0.3 is 4.74 Å². The van der Waals surface area contributed by atoms with Crippen molar-refractivity contribution in [2.45, 2.75) is 188 Å². The van der Waals surface area contributed by atoms with Crippen molar-refractivity contribution in [3.8, 4) is 22.6 Å². The molecule has 6 aliphatic rings. The van der Waals surface area contributed by atoms with E-state index in [0.29, 0.717) is 109 Å². The van der Waals surface area contributed by atoms with Crippen molar-refractivity contribution in [1.82, 2.24) is 0 Å². The molecule has 0 bridgehead atoms. The number of rotatable bonds is 19. The first-order chi connectivity index (χ1) is 45.0. The molecule has 0 atom stereocenters. The SMILES string of the molecule is O=S(=O)(c1ccc(C2=CC(=C/C=C3\CCCC(/C=C/c4cc(-c5ccc(S(=O)(=O)S(=O)(=O)C6CCCCC6)cc5)[o+]c(-c5ccc(S(=O)(=O)S(=O)(=O)C6CCCCC6)cc5)c4)=C3Cl)C=C(c3ccc(S(=O)(=O)S(=O)(=O)C4CCCCC4)cc3)O2)cc1)S(=O)(=O)C1CCCCC1. The smallest absolute Gasteiger partial charge is 0.361 e. The van der Waals surface area contributed by atoms with Crippen molar-refractivity contribution in [1.29, 1.82) is 0 Å². The van der Waals surface area contributed by atoms with Gasteiger partial charge in [-0.15, -0.1) is 0 Å². The van der Waals surface area contributed by atoms with Crippen molar-refractivity contribution < 1.29 is 76.5 Å². The predicted octanol–water partition coefficient (Wildman–Crippen LogP) is 14.3. The monoisotopic (exact) mass is 1470 g/mol. The number of ether oxygens (including phenoxy) is 1. The van der Waals surface area contributed by atoms with Crippen LogP contribution in [0.5, 0.6) is 0 Å². The standard InChI is InChI=1S/C68H74ClO18S8/c69-68-54(26-24-48-44-64(50-28-36-60(37-29-50)92(78,79)88(70,71)56-16-5-1-6-17-56)86-65(45-48)51-30-38-61(39-31-51)93(80,81)89(72,73)57-18-7-2-8-19-57)14-13-15-55(68)27-25-49-46-66(52-32-40-62(41-33-52)94(82,83)90(74,75)58-20-9-3-10-21-58)87-67(47-49)53-34-42-63(43-35-53)95(84,85)91(76,77)59-22-11-4-12-23-59/h24-47,56-59H,1-23H2/q+1. The maximum Gasteiger partial charge on any atom is 0.361 e. The van der Waals surface area contributed by atoms with Crippen LogP contribution in [0.4, 0.5) is 0 Å². The fourth-order valence-electron chi connectivity index (χ4n) is 13.2. The van der Waals surface area contributed by atoms with E-state index in [9.17, 15) is 67.3 Å². The van der Waals surface area contributed by atoms with Crippen LogP contribution in [-0.2, 0) is 75.7 Å². The van der Waals surface area contributed by atoms with E-state index in [1.54, 1.807) is 36.4 Å². The molecule has 27 heteroatoms. The Hall–Kier alpha value is -5.84. The van der Waals surface area contributed by atoms with Gasteiger partial charge in [0.25, 0.3) is 71.0 Å². The maximum absolute atomic E-state index is 13.7. The maximum atomic E-state index is 13.7. The second-order valence-corrected chi connectivity index (χ2v) is 48.4. The summed E-state index contributed by atoms with van der Waals surface area (Å²) >= 11 is 7.26. The summed E-state index contributed by atoms with van der Waals surface area (Å²) in [5.41, 5.74) is 3.98. The molecule has 0 amide bonds. The lowest BCUT2D eigenvalue weighted by molar-refractivity contribution is 0.466. The summed E-state index contributed by atoms with van der Waals surface area (Å²) in [6.07, 6.45) is 22.4. The van der Waals surface area contributed by atoms with Gasteiger partial charge in [0.05, 0.1) is 63.8 Å². The molecule has 11 rings (SSSR count). The predicted molar refractivity (Wildman–Crippen MR) is 368 cm³/mol. The number of halogens is 1. The lowest BCUT2D eigenvalue weighted by atomic mass is 9.93. The van der Waals surface area contributed by atoms with Gasteiger partial charge in [-0.1, -0.05) is 113 Å². The lowest BCUT2D eigenvalue weighted by Gasteiger charge is -2.22. The fraction of sp³-hybridized carbons (Fsp3) is 0.397. The summed E-state index contributed by atoms with van der Waals surface area (Å²) < 4.78 is 230. The minimum absolute atomic E-state index is 0.206. The minimum atomic E-state index is -4.79. The van der Waals surface area contributed by atoms with Gasteiger partial charge in [-0.2, -0.15) is 0 Å². The highest BCUT2D eigenvalue weighted by Gasteiger charge is 2.44. The Bertz CT molecular complexity index is 4660. The average Bonchev–Trinajstić information content (AvgIpc) is 0.787. The van der Waals surface area contributed by atoms with Gasteiger partial charge in [0.2, 0.25) is 0 Å². The summed E-state index contributed by atoms with van der Waals surface area (Å²) in [5.74, 6) is 0.823. The zero-order valence-corrected chi connectivity index (χ0v) is 59.2. The molecule has 508 valence electrons. The van der Waals surface area contributed by atoms with Crippen LogP contribution in [0.15, 0.2) is 185 Å². The van der Waals surface area contributed by atoms with E-state index in [2.05, 4.69) is 0 Å². The Labute approximate surface area is 561 Å². The van der Waals surface area contributed by atoms with Crippen LogP contribution in [0.3, 0.4) is 0 Å². The normalized spacial score (nSPS) is 19.9. The number of benzene rings is 4. The molecule has 0 N–H and O–H groups in total. The Balaban J connectivity index is 0.927. The number of allylic oxidation sites excluding steroid dienone is 9. The molecule has 4 aromatic carbocycles. The average molecular weight is 1470 g/mol. The van der Waals surface area contributed by atoms with Gasteiger partial charge in [-0.05, 0) is 202 Å². The van der Waals surface area contributed by atoms with Crippen molar-refractivity contribution in [3.63, 3.8) is 0 Å². The highest BCUT2D eigenvalue weighted by atomic mass is 35.5. The molecule has 1 aromatic heterocycles. The minimum Gasteiger partial charge on any atom is -0.456 e. The van der Waals surface area contributed by atoms with Gasteiger partial charge in [-0.3, -0.25) is 0 Å². The van der Waals surface area contributed by atoms with Crippen molar-refractivity contribution in [3.05, 3.63) is 178 Å². The molecular formula is C68H74ClO18S8+. The quantitative estimate of drug-likeness (QED) is 0.0548. The van der Waals surface area contributed by atoms with E-state index in [1.165, 1.54) is 97.1 Å². The molecule has 0 spiro atoms. The topological polar surface area (TPSA) is 294 Å². The molecule has 4 saturated carbocycles. The molecule has 2 heterocycles. The highest BCUT2D eigenvalue weighted by Crippen LogP contribution is 2.41. The molecule has 18 nitrogen and oxygen atoms in total. The fourth-order valence-corrected chi connectivity index (χ4v) is 32.7. The zero-order chi connectivity index (χ0) is 67.8. The summed E-state index contributed by atoms with van der Waals surface area (Å²) in [6, 6.07) is 24.4. The van der Waals surface area contributed by atoms with Crippen LogP contribution in [0, 0.1) is 0 Å². The van der Waals surface area contributed by atoms with Gasteiger partial charge in [-0.25, -0.2) is 71.8 Å². The first-order valence-electron chi connectivity index (χ1n) is 32.0. The molecule has 4 fully saturated rings. The molecule has 95 heavy (non-hydrogen) atoms. The van der Waals surface area contributed by atoms with Gasteiger partial charge in [0, 0.05) is 16.2 Å². The summed E-state index contributed by atoms with van der Waals surface area (Å²) in [4.78, 5) is -1.60. The van der Waals surface area contributed by atoms with Gasteiger partial charge in [0.1, 0.15) is 11.5 Å². The molecule has 0 saturated heterocycles. The Kier molecular flexibility index (Phi) is 20.9. The van der Waals surface area contributed by atoms with Crippen molar-refractivity contribution in [2.24, 2.45) is 0 Å². The second-order valence-electron chi connectivity index (χ2n) is 25.0. The van der Waals surface area contributed by atoms with Crippen LogP contribution < -0.4 is 0 Å². The van der Waals surface area contributed by atoms with Crippen molar-refractivity contribution >= 4 is 100 Å². The summed E-state index contributed by atoms with van der Waals surface area (Å²) in [7, 11) is -37.5. The second kappa shape index (κ2) is 28.2. The van der Waals surface area contributed by atoms with E-state index >= 15 is 0 Å². The van der Waals surface area contributed by atoms with Crippen LogP contribution in [0.25, 0.3) is 40.2 Å². The third kappa shape index (κ3) is 14.3. The van der Waals surface area contributed by atoms with E-state index in [4.69, 9.17) is 20.8 Å². The Morgan fingerprint density at radius 1 is 0.358 bits per heavy atom. The largest absolute Gasteiger partial charge is 0.456 e. The van der Waals surface area contributed by atoms with Crippen LogP contribution >= 0.6 is 11.6 Å². The lowest BCUT2D eigenvalue weighted by Crippen LogP contribution is -2.30. The van der Waals surface area contributed by atoms with E-state index in [0.717, 1.165) is 36.8 Å². The van der Waals surface area contributed by atoms with E-state index < -0.39 is 112 Å². The first kappa shape index (κ1) is 70.5. The molecule has 1 aliphatic heterocycles. The highest BCUT2D eigenvalue weighted by molar-refractivity contribution is 8.68. The van der Waals surface area contributed by atoms with Crippen LogP contribution in [0.2, 0.25) is 0 Å². The van der Waals surface area contributed by atoms with Gasteiger partial charge >= 0.3 is 11.5 Å².